The summed E-state index contributed by atoms with van der Waals surface area (Å²) in [4.78, 5) is 12.3. The van der Waals surface area contributed by atoms with Gasteiger partial charge in [-0.25, -0.2) is 8.42 Å². The number of carbonyl (C=O) groups is 1. The number of carbonyl (C=O) groups excluding carboxylic acids is 1. The van der Waals surface area contributed by atoms with Crippen molar-refractivity contribution in [2.45, 2.75) is 37.5 Å². The topological polar surface area (TPSA) is 75.7 Å². The van der Waals surface area contributed by atoms with Gasteiger partial charge in [-0.1, -0.05) is 24.9 Å². The van der Waals surface area contributed by atoms with E-state index in [2.05, 4.69) is 12.2 Å². The first-order valence-electron chi connectivity index (χ1n) is 8.51. The van der Waals surface area contributed by atoms with Crippen molar-refractivity contribution in [3.8, 4) is 5.75 Å². The Kier molecular flexibility index (Phi) is 7.10. The lowest BCUT2D eigenvalue weighted by molar-refractivity contribution is -0.126. The maximum atomic E-state index is 13.0. The van der Waals surface area contributed by atoms with Gasteiger partial charge in [-0.3, -0.25) is 4.79 Å². The first kappa shape index (κ1) is 20.0. The van der Waals surface area contributed by atoms with Crippen LogP contribution in [0.25, 0.3) is 0 Å². The molecule has 1 fully saturated rings. The van der Waals surface area contributed by atoms with E-state index in [1.54, 1.807) is 6.07 Å². The Morgan fingerprint density at radius 1 is 1.44 bits per heavy atom. The van der Waals surface area contributed by atoms with Gasteiger partial charge in [-0.15, -0.1) is 0 Å². The van der Waals surface area contributed by atoms with Crippen molar-refractivity contribution in [2.24, 2.45) is 5.92 Å². The van der Waals surface area contributed by atoms with Crippen LogP contribution in [0.3, 0.4) is 0 Å². The maximum absolute atomic E-state index is 13.0. The number of benzene rings is 1. The van der Waals surface area contributed by atoms with E-state index in [-0.39, 0.29) is 29.0 Å². The number of amides is 1. The molecule has 8 heteroatoms. The zero-order valence-electron chi connectivity index (χ0n) is 14.6. The number of nitrogens with zero attached hydrogens (tertiary/aromatic N) is 1. The normalized spacial score (nSPS) is 18.8. The molecule has 1 heterocycles. The Bertz CT molecular complexity index is 709. The van der Waals surface area contributed by atoms with Gasteiger partial charge in [-0.2, -0.15) is 4.31 Å². The molecule has 0 spiro atoms. The number of ether oxygens (including phenoxy) is 1. The fraction of sp³-hybridized carbons (Fsp3) is 0.588. The van der Waals surface area contributed by atoms with Crippen LogP contribution in [0.4, 0.5) is 0 Å². The minimum absolute atomic E-state index is 0.0366. The molecule has 0 bridgehead atoms. The fourth-order valence-electron chi connectivity index (χ4n) is 2.90. The second kappa shape index (κ2) is 8.87. The standard InChI is InChI=1S/C17H25ClN2O4S/c1-3-4-9-19-17(21)13-6-5-10-20(12-13)25(22,23)16-11-14(18)7-8-15(16)24-2/h7-8,11,13H,3-6,9-10,12H2,1-2H3,(H,19,21)/t13-/m1/s1. The van der Waals surface area contributed by atoms with Gasteiger partial charge in [0.2, 0.25) is 15.9 Å². The number of methoxy groups -OCH3 is 1. The summed E-state index contributed by atoms with van der Waals surface area (Å²) >= 11 is 5.97. The molecule has 0 unspecified atom stereocenters. The summed E-state index contributed by atoms with van der Waals surface area (Å²) in [6.07, 6.45) is 3.25. The molecule has 1 aliphatic rings. The summed E-state index contributed by atoms with van der Waals surface area (Å²) < 4.78 is 32.5. The van der Waals surface area contributed by atoms with E-state index >= 15 is 0 Å². The molecule has 1 N–H and O–H groups in total. The van der Waals surface area contributed by atoms with Crippen molar-refractivity contribution in [3.63, 3.8) is 0 Å². The highest BCUT2D eigenvalue weighted by molar-refractivity contribution is 7.89. The second-order valence-electron chi connectivity index (χ2n) is 6.14. The van der Waals surface area contributed by atoms with Gasteiger partial charge in [0.05, 0.1) is 13.0 Å². The van der Waals surface area contributed by atoms with E-state index in [1.165, 1.54) is 23.5 Å². The van der Waals surface area contributed by atoms with E-state index in [1.807, 2.05) is 0 Å². The molecule has 140 valence electrons. The first-order chi connectivity index (χ1) is 11.9. The van der Waals surface area contributed by atoms with Crippen molar-refractivity contribution < 1.29 is 17.9 Å². The molecule has 1 aromatic rings. The Balaban J connectivity index is 2.17. The number of halogens is 1. The molecular formula is C17H25ClN2O4S. The third-order valence-corrected chi connectivity index (χ3v) is 6.45. The van der Waals surface area contributed by atoms with Crippen LogP contribution in [0, 0.1) is 5.92 Å². The van der Waals surface area contributed by atoms with Crippen LogP contribution in [-0.2, 0) is 14.8 Å². The Morgan fingerprint density at radius 2 is 2.20 bits per heavy atom. The summed E-state index contributed by atoms with van der Waals surface area (Å²) in [5.41, 5.74) is 0. The van der Waals surface area contributed by atoms with Gasteiger partial charge in [0.1, 0.15) is 10.6 Å². The first-order valence-corrected chi connectivity index (χ1v) is 10.3. The minimum Gasteiger partial charge on any atom is -0.495 e. The van der Waals surface area contributed by atoms with Crippen LogP contribution >= 0.6 is 11.6 Å². The second-order valence-corrected chi connectivity index (χ2v) is 8.48. The lowest BCUT2D eigenvalue weighted by Gasteiger charge is -2.31. The molecule has 25 heavy (non-hydrogen) atoms. The molecule has 1 aromatic carbocycles. The fourth-order valence-corrected chi connectivity index (χ4v) is 4.84. The minimum atomic E-state index is -3.78. The van der Waals surface area contributed by atoms with Gasteiger partial charge in [0.25, 0.3) is 0 Å². The van der Waals surface area contributed by atoms with Crippen molar-refractivity contribution in [1.82, 2.24) is 9.62 Å². The van der Waals surface area contributed by atoms with Gasteiger partial charge < -0.3 is 10.1 Å². The Morgan fingerprint density at radius 3 is 2.88 bits per heavy atom. The van der Waals surface area contributed by atoms with Gasteiger partial charge >= 0.3 is 0 Å². The predicted octanol–water partition coefficient (Wildman–Crippen LogP) is 2.67. The number of piperidine rings is 1. The molecule has 0 saturated carbocycles. The zero-order valence-corrected chi connectivity index (χ0v) is 16.2. The molecule has 0 aliphatic carbocycles. The quantitative estimate of drug-likeness (QED) is 0.728. The van der Waals surface area contributed by atoms with Gasteiger partial charge in [0.15, 0.2) is 0 Å². The third kappa shape index (κ3) is 4.86. The summed E-state index contributed by atoms with van der Waals surface area (Å²) in [7, 11) is -2.36. The number of hydrogen-bond donors (Lipinski definition) is 1. The smallest absolute Gasteiger partial charge is 0.246 e. The van der Waals surface area contributed by atoms with E-state index in [4.69, 9.17) is 16.3 Å². The van der Waals surface area contributed by atoms with Crippen LogP contribution in [-0.4, -0.2) is 45.4 Å². The van der Waals surface area contributed by atoms with Crippen LogP contribution < -0.4 is 10.1 Å². The lowest BCUT2D eigenvalue weighted by Crippen LogP contribution is -2.45. The van der Waals surface area contributed by atoms with Crippen molar-refractivity contribution in [2.75, 3.05) is 26.7 Å². The SMILES string of the molecule is CCCCNC(=O)[C@@H]1CCCN(S(=O)(=O)c2cc(Cl)ccc2OC)C1. The number of nitrogens with one attached hydrogen (secondary N) is 1. The summed E-state index contributed by atoms with van der Waals surface area (Å²) in [6, 6.07) is 4.51. The molecule has 6 nitrogen and oxygen atoms in total. The van der Waals surface area contributed by atoms with Crippen molar-refractivity contribution >= 4 is 27.5 Å². The summed E-state index contributed by atoms with van der Waals surface area (Å²) in [6.45, 7) is 3.24. The van der Waals surface area contributed by atoms with Gasteiger partial charge in [-0.05, 0) is 37.5 Å². The molecule has 1 amide bonds. The lowest BCUT2D eigenvalue weighted by atomic mass is 9.99. The highest BCUT2D eigenvalue weighted by atomic mass is 35.5. The average molecular weight is 389 g/mol. The van der Waals surface area contributed by atoms with Crippen molar-refractivity contribution in [1.29, 1.82) is 0 Å². The largest absolute Gasteiger partial charge is 0.495 e. The predicted molar refractivity (Wildman–Crippen MR) is 97.4 cm³/mol. The van der Waals surface area contributed by atoms with E-state index in [0.29, 0.717) is 31.0 Å². The van der Waals surface area contributed by atoms with Crippen LogP contribution in [0.15, 0.2) is 23.1 Å². The van der Waals surface area contributed by atoms with Gasteiger partial charge in [0, 0.05) is 24.7 Å². The highest BCUT2D eigenvalue weighted by Gasteiger charge is 2.34. The highest BCUT2D eigenvalue weighted by Crippen LogP contribution is 2.31. The monoisotopic (exact) mass is 388 g/mol. The van der Waals surface area contributed by atoms with Crippen LogP contribution in [0.1, 0.15) is 32.6 Å². The maximum Gasteiger partial charge on any atom is 0.246 e. The number of sulfonamides is 1. The van der Waals surface area contributed by atoms with E-state index < -0.39 is 10.0 Å². The van der Waals surface area contributed by atoms with Crippen molar-refractivity contribution in [3.05, 3.63) is 23.2 Å². The number of hydrogen-bond acceptors (Lipinski definition) is 4. The molecule has 2 rings (SSSR count). The molecule has 0 aromatic heterocycles. The zero-order chi connectivity index (χ0) is 18.4. The van der Waals surface area contributed by atoms with Crippen LogP contribution in [0.2, 0.25) is 5.02 Å². The molecular weight excluding hydrogens is 364 g/mol. The summed E-state index contributed by atoms with van der Waals surface area (Å²) in [5, 5.41) is 3.21. The Labute approximate surface area is 154 Å². The van der Waals surface area contributed by atoms with Crippen LogP contribution in [0.5, 0.6) is 5.75 Å². The number of rotatable bonds is 7. The van der Waals surface area contributed by atoms with E-state index in [9.17, 15) is 13.2 Å². The molecule has 1 atom stereocenters. The summed E-state index contributed by atoms with van der Waals surface area (Å²) in [5.74, 6) is -0.157. The molecule has 0 radical (unpaired) electrons. The van der Waals surface area contributed by atoms with E-state index in [0.717, 1.165) is 12.8 Å². The Hall–Kier alpha value is -1.31. The average Bonchev–Trinajstić information content (AvgIpc) is 2.62. The molecule has 1 aliphatic heterocycles. The third-order valence-electron chi connectivity index (χ3n) is 4.33. The number of unbranched alkanes of at least 4 members (excludes halogenated alkanes) is 1. The molecule has 1 saturated heterocycles.